The number of hydrogen-bond donors (Lipinski definition) is 1. The molecule has 0 saturated heterocycles. The van der Waals surface area contributed by atoms with E-state index in [1.165, 1.54) is 19.1 Å². The molecule has 7 heteroatoms. The first kappa shape index (κ1) is 20.8. The molecule has 0 radical (unpaired) electrons. The van der Waals surface area contributed by atoms with Gasteiger partial charge in [-0.15, -0.1) is 0 Å². The van der Waals surface area contributed by atoms with E-state index in [4.69, 9.17) is 32.7 Å². The highest BCUT2D eigenvalue weighted by molar-refractivity contribution is 6.35. The van der Waals surface area contributed by atoms with Crippen LogP contribution in [0.5, 0.6) is 5.75 Å². The molecule has 0 unspecified atom stereocenters. The van der Waals surface area contributed by atoms with Crippen LogP contribution in [0.25, 0.3) is 6.08 Å². The van der Waals surface area contributed by atoms with Crippen molar-refractivity contribution in [3.05, 3.63) is 64.1 Å². The van der Waals surface area contributed by atoms with Gasteiger partial charge in [-0.05, 0) is 49.8 Å². The molecule has 0 aromatic heterocycles. The van der Waals surface area contributed by atoms with Crippen LogP contribution in [0.1, 0.15) is 19.4 Å². The van der Waals surface area contributed by atoms with E-state index in [1.54, 1.807) is 42.5 Å². The Hall–Kier alpha value is -2.50. The van der Waals surface area contributed by atoms with Gasteiger partial charge in [-0.3, -0.25) is 4.79 Å². The molecule has 0 aliphatic carbocycles. The van der Waals surface area contributed by atoms with Crippen LogP contribution < -0.4 is 10.1 Å². The number of amides is 1. The van der Waals surface area contributed by atoms with Gasteiger partial charge in [0, 0.05) is 16.1 Å². The molecule has 27 heavy (non-hydrogen) atoms. The van der Waals surface area contributed by atoms with Gasteiger partial charge in [-0.25, -0.2) is 4.79 Å². The lowest BCUT2D eigenvalue weighted by molar-refractivity contribution is -0.148. The van der Waals surface area contributed by atoms with Crippen molar-refractivity contribution in [1.29, 1.82) is 0 Å². The second kappa shape index (κ2) is 10.00. The molecule has 142 valence electrons. The third-order valence-electron chi connectivity index (χ3n) is 3.47. The number of halogens is 2. The zero-order valence-corrected chi connectivity index (χ0v) is 16.4. The Morgan fingerprint density at radius 1 is 1.19 bits per heavy atom. The minimum Gasteiger partial charge on any atom is -0.492 e. The number of hydrogen-bond acceptors (Lipinski definition) is 4. The fourth-order valence-electron chi connectivity index (χ4n) is 2.15. The molecular formula is C20H19Cl2NO4. The zero-order valence-electron chi connectivity index (χ0n) is 14.9. The van der Waals surface area contributed by atoms with Crippen molar-refractivity contribution in [2.45, 2.75) is 20.0 Å². The first-order valence-electron chi connectivity index (χ1n) is 8.27. The standard InChI is InChI=1S/C20H19Cl2NO4/c1-3-26-18-7-5-4-6-17(18)23-20(25)13(2)27-19(24)11-9-14-8-10-15(21)12-16(14)22/h4-13H,3H2,1-2H3,(H,23,25)/b11-9+/t13-/m1/s1. The predicted molar refractivity (Wildman–Crippen MR) is 107 cm³/mol. The van der Waals surface area contributed by atoms with Crippen molar-refractivity contribution >= 4 is 46.8 Å². The third-order valence-corrected chi connectivity index (χ3v) is 4.03. The average molecular weight is 408 g/mol. The van der Waals surface area contributed by atoms with Crippen molar-refractivity contribution < 1.29 is 19.1 Å². The Kier molecular flexibility index (Phi) is 7.70. The fourth-order valence-corrected chi connectivity index (χ4v) is 2.62. The van der Waals surface area contributed by atoms with Gasteiger partial charge in [0.15, 0.2) is 6.10 Å². The van der Waals surface area contributed by atoms with Crippen molar-refractivity contribution in [1.82, 2.24) is 0 Å². The maximum atomic E-state index is 12.3. The van der Waals surface area contributed by atoms with Gasteiger partial charge < -0.3 is 14.8 Å². The van der Waals surface area contributed by atoms with Crippen LogP contribution in [0.2, 0.25) is 10.0 Å². The topological polar surface area (TPSA) is 64.6 Å². The monoisotopic (exact) mass is 407 g/mol. The van der Waals surface area contributed by atoms with Crippen molar-refractivity contribution in [3.63, 3.8) is 0 Å². The van der Waals surface area contributed by atoms with E-state index in [9.17, 15) is 9.59 Å². The SMILES string of the molecule is CCOc1ccccc1NC(=O)[C@@H](C)OC(=O)/C=C/c1ccc(Cl)cc1Cl. The molecule has 1 amide bonds. The van der Waals surface area contributed by atoms with Crippen LogP contribution in [0.4, 0.5) is 5.69 Å². The summed E-state index contributed by atoms with van der Waals surface area (Å²) in [7, 11) is 0. The normalized spacial score (nSPS) is 11.9. The predicted octanol–water partition coefficient (Wildman–Crippen LogP) is 4.98. The Morgan fingerprint density at radius 3 is 2.63 bits per heavy atom. The number of esters is 1. The van der Waals surface area contributed by atoms with Gasteiger partial charge in [0.1, 0.15) is 5.75 Å². The summed E-state index contributed by atoms with van der Waals surface area (Å²) in [6, 6.07) is 11.9. The maximum absolute atomic E-state index is 12.3. The molecule has 0 aliphatic heterocycles. The van der Waals surface area contributed by atoms with E-state index in [2.05, 4.69) is 5.32 Å². The molecule has 1 atom stereocenters. The summed E-state index contributed by atoms with van der Waals surface area (Å²) in [5.41, 5.74) is 1.12. The molecule has 2 rings (SSSR count). The molecule has 0 spiro atoms. The van der Waals surface area contributed by atoms with E-state index in [0.717, 1.165) is 0 Å². The minimum absolute atomic E-state index is 0.407. The van der Waals surface area contributed by atoms with Crippen molar-refractivity contribution in [2.24, 2.45) is 0 Å². The van der Waals surface area contributed by atoms with E-state index in [-0.39, 0.29) is 0 Å². The van der Waals surface area contributed by atoms with Crippen molar-refractivity contribution in [3.8, 4) is 5.75 Å². The number of nitrogens with one attached hydrogen (secondary N) is 1. The molecule has 0 heterocycles. The first-order valence-corrected chi connectivity index (χ1v) is 9.02. The van der Waals surface area contributed by atoms with Crippen LogP contribution >= 0.6 is 23.2 Å². The highest BCUT2D eigenvalue weighted by atomic mass is 35.5. The van der Waals surface area contributed by atoms with Gasteiger partial charge in [0.05, 0.1) is 12.3 Å². The molecule has 0 fully saturated rings. The van der Waals surface area contributed by atoms with Gasteiger partial charge in [-0.1, -0.05) is 41.4 Å². The lowest BCUT2D eigenvalue weighted by atomic mass is 10.2. The quantitative estimate of drug-likeness (QED) is 0.519. The number of carbonyl (C=O) groups is 2. The average Bonchev–Trinajstić information content (AvgIpc) is 2.62. The second-order valence-electron chi connectivity index (χ2n) is 5.50. The van der Waals surface area contributed by atoms with Crippen LogP contribution in [-0.2, 0) is 14.3 Å². The van der Waals surface area contributed by atoms with E-state index < -0.39 is 18.0 Å². The summed E-state index contributed by atoms with van der Waals surface area (Å²) in [6.07, 6.45) is 1.71. The number of rotatable bonds is 7. The number of para-hydroxylation sites is 2. The third kappa shape index (κ3) is 6.31. The second-order valence-corrected chi connectivity index (χ2v) is 6.34. The van der Waals surface area contributed by atoms with Gasteiger partial charge in [0.2, 0.25) is 0 Å². The molecule has 5 nitrogen and oxygen atoms in total. The molecule has 1 N–H and O–H groups in total. The van der Waals surface area contributed by atoms with E-state index in [0.29, 0.717) is 33.7 Å². The Labute approximate surface area is 167 Å². The number of anilines is 1. The number of benzene rings is 2. The van der Waals surface area contributed by atoms with Crippen LogP contribution in [0.15, 0.2) is 48.5 Å². The summed E-state index contributed by atoms with van der Waals surface area (Å²) in [4.78, 5) is 24.2. The minimum atomic E-state index is -0.988. The van der Waals surface area contributed by atoms with Crippen LogP contribution in [-0.4, -0.2) is 24.6 Å². The summed E-state index contributed by atoms with van der Waals surface area (Å²) >= 11 is 11.9. The largest absolute Gasteiger partial charge is 0.492 e. The Morgan fingerprint density at radius 2 is 1.93 bits per heavy atom. The zero-order chi connectivity index (χ0) is 19.8. The number of carbonyl (C=O) groups excluding carboxylic acids is 2. The van der Waals surface area contributed by atoms with Crippen LogP contribution in [0, 0.1) is 0 Å². The fraction of sp³-hybridized carbons (Fsp3) is 0.200. The number of ether oxygens (including phenoxy) is 2. The first-order chi connectivity index (χ1) is 12.9. The molecular weight excluding hydrogens is 389 g/mol. The summed E-state index contributed by atoms with van der Waals surface area (Å²) in [5.74, 6) is -0.584. The van der Waals surface area contributed by atoms with Gasteiger partial charge in [0.25, 0.3) is 5.91 Å². The van der Waals surface area contributed by atoms with Gasteiger partial charge in [-0.2, -0.15) is 0 Å². The lowest BCUT2D eigenvalue weighted by Crippen LogP contribution is -2.29. The molecule has 2 aromatic rings. The molecule has 0 aliphatic rings. The molecule has 2 aromatic carbocycles. The lowest BCUT2D eigenvalue weighted by Gasteiger charge is -2.15. The summed E-state index contributed by atoms with van der Waals surface area (Å²) in [5, 5.41) is 3.59. The summed E-state index contributed by atoms with van der Waals surface area (Å²) in [6.45, 7) is 3.80. The smallest absolute Gasteiger partial charge is 0.331 e. The highest BCUT2D eigenvalue weighted by Crippen LogP contribution is 2.24. The maximum Gasteiger partial charge on any atom is 0.331 e. The highest BCUT2D eigenvalue weighted by Gasteiger charge is 2.18. The Balaban J connectivity index is 1.95. The molecule has 0 bridgehead atoms. The van der Waals surface area contributed by atoms with Gasteiger partial charge >= 0.3 is 5.97 Å². The van der Waals surface area contributed by atoms with Crippen LogP contribution in [0.3, 0.4) is 0 Å². The van der Waals surface area contributed by atoms with E-state index >= 15 is 0 Å². The summed E-state index contributed by atoms with van der Waals surface area (Å²) < 4.78 is 10.6. The Bertz CT molecular complexity index is 852. The van der Waals surface area contributed by atoms with Crippen molar-refractivity contribution in [2.75, 3.05) is 11.9 Å². The molecule has 0 saturated carbocycles. The van der Waals surface area contributed by atoms with E-state index in [1.807, 2.05) is 6.92 Å².